The van der Waals surface area contributed by atoms with Gasteiger partial charge in [0, 0.05) is 25.7 Å². The summed E-state index contributed by atoms with van der Waals surface area (Å²) in [5.41, 5.74) is 8.96. The average Bonchev–Trinajstić information content (AvgIpc) is 2.38. The van der Waals surface area contributed by atoms with Crippen molar-refractivity contribution in [3.63, 3.8) is 0 Å². The predicted octanol–water partition coefficient (Wildman–Crippen LogP) is 2.98. The third kappa shape index (κ3) is 2.93. The number of hydrogen-bond acceptors (Lipinski definition) is 2. The minimum Gasteiger partial charge on any atom is -0.329 e. The maximum absolute atomic E-state index is 6.02. The minimum absolute atomic E-state index is 0.425. The largest absolute Gasteiger partial charge is 0.329 e. The highest BCUT2D eigenvalue weighted by atomic mass is 15.2. The van der Waals surface area contributed by atoms with Crippen LogP contribution >= 0.6 is 0 Å². The van der Waals surface area contributed by atoms with E-state index < -0.39 is 0 Å². The van der Waals surface area contributed by atoms with Crippen molar-refractivity contribution in [1.82, 2.24) is 4.90 Å². The Bertz CT molecular complexity index is 375. The van der Waals surface area contributed by atoms with Crippen molar-refractivity contribution >= 4 is 0 Å². The van der Waals surface area contributed by atoms with E-state index in [-0.39, 0.29) is 0 Å². The number of benzene rings is 1. The normalized spacial score (nSPS) is 21.6. The number of hydrogen-bond donors (Lipinski definition) is 1. The van der Waals surface area contributed by atoms with Crippen LogP contribution in [0.25, 0.3) is 0 Å². The van der Waals surface area contributed by atoms with Crippen LogP contribution in [0.4, 0.5) is 0 Å². The second-order valence-electron chi connectivity index (χ2n) is 5.59. The molecule has 0 saturated heterocycles. The van der Waals surface area contributed by atoms with Crippen LogP contribution in [-0.2, 0) is 6.42 Å². The summed E-state index contributed by atoms with van der Waals surface area (Å²) in [6.45, 7) is 7.70. The fourth-order valence-corrected chi connectivity index (χ4v) is 3.18. The molecule has 1 aliphatic heterocycles. The molecular formula is C16H26N2. The van der Waals surface area contributed by atoms with Crippen molar-refractivity contribution in [3.8, 4) is 0 Å². The summed E-state index contributed by atoms with van der Waals surface area (Å²) in [4.78, 5) is 2.59. The molecule has 1 aromatic rings. The standard InChI is InChI=1S/C16H26N2/c1-3-6-13(2)12-18-10-9-14-7-4-5-8-15(14)16(18)11-17/h4-5,7-8,13,16H,3,6,9-12,17H2,1-2H3. The van der Waals surface area contributed by atoms with E-state index in [0.29, 0.717) is 6.04 Å². The van der Waals surface area contributed by atoms with Crippen molar-refractivity contribution in [2.45, 2.75) is 39.2 Å². The summed E-state index contributed by atoms with van der Waals surface area (Å²) < 4.78 is 0. The highest BCUT2D eigenvalue weighted by molar-refractivity contribution is 5.32. The summed E-state index contributed by atoms with van der Waals surface area (Å²) in [5, 5.41) is 0. The van der Waals surface area contributed by atoms with E-state index in [1.165, 1.54) is 36.9 Å². The molecule has 0 fully saturated rings. The van der Waals surface area contributed by atoms with Gasteiger partial charge < -0.3 is 5.73 Å². The van der Waals surface area contributed by atoms with E-state index in [4.69, 9.17) is 5.73 Å². The first-order chi connectivity index (χ1) is 8.76. The zero-order valence-corrected chi connectivity index (χ0v) is 11.7. The molecule has 0 radical (unpaired) electrons. The predicted molar refractivity (Wildman–Crippen MR) is 77.6 cm³/mol. The van der Waals surface area contributed by atoms with Gasteiger partial charge in [0.05, 0.1) is 0 Å². The molecule has 2 unspecified atom stereocenters. The minimum atomic E-state index is 0.425. The highest BCUT2D eigenvalue weighted by Crippen LogP contribution is 2.29. The van der Waals surface area contributed by atoms with E-state index in [9.17, 15) is 0 Å². The highest BCUT2D eigenvalue weighted by Gasteiger charge is 2.26. The fourth-order valence-electron chi connectivity index (χ4n) is 3.18. The lowest BCUT2D eigenvalue weighted by molar-refractivity contribution is 0.161. The van der Waals surface area contributed by atoms with Crippen LogP contribution in [0, 0.1) is 5.92 Å². The van der Waals surface area contributed by atoms with Gasteiger partial charge in [0.2, 0.25) is 0 Å². The third-order valence-corrected chi connectivity index (χ3v) is 4.07. The first kappa shape index (κ1) is 13.6. The van der Waals surface area contributed by atoms with Gasteiger partial charge >= 0.3 is 0 Å². The molecule has 18 heavy (non-hydrogen) atoms. The second-order valence-corrected chi connectivity index (χ2v) is 5.59. The van der Waals surface area contributed by atoms with E-state index in [1.54, 1.807) is 0 Å². The van der Waals surface area contributed by atoms with Crippen LogP contribution in [0.2, 0.25) is 0 Å². The van der Waals surface area contributed by atoms with Crippen molar-refractivity contribution in [3.05, 3.63) is 35.4 Å². The lowest BCUT2D eigenvalue weighted by atomic mass is 9.91. The Morgan fingerprint density at radius 3 is 2.89 bits per heavy atom. The van der Waals surface area contributed by atoms with Gasteiger partial charge in [0.1, 0.15) is 0 Å². The Kier molecular flexibility index (Phi) is 4.79. The first-order valence-electron chi connectivity index (χ1n) is 7.28. The number of nitrogens with zero attached hydrogens (tertiary/aromatic N) is 1. The van der Waals surface area contributed by atoms with E-state index in [2.05, 4.69) is 43.0 Å². The zero-order valence-electron chi connectivity index (χ0n) is 11.7. The average molecular weight is 246 g/mol. The van der Waals surface area contributed by atoms with Gasteiger partial charge in [-0.05, 0) is 29.9 Å². The third-order valence-electron chi connectivity index (χ3n) is 4.07. The molecule has 0 saturated carbocycles. The maximum Gasteiger partial charge on any atom is 0.0473 e. The van der Waals surface area contributed by atoms with Crippen molar-refractivity contribution < 1.29 is 0 Å². The molecule has 2 atom stereocenters. The smallest absolute Gasteiger partial charge is 0.0473 e. The topological polar surface area (TPSA) is 29.3 Å². The molecule has 0 spiro atoms. The summed E-state index contributed by atoms with van der Waals surface area (Å²) in [6, 6.07) is 9.21. The van der Waals surface area contributed by atoms with Crippen LogP contribution in [-0.4, -0.2) is 24.5 Å². The van der Waals surface area contributed by atoms with E-state index >= 15 is 0 Å². The van der Waals surface area contributed by atoms with Crippen LogP contribution < -0.4 is 5.73 Å². The molecule has 2 N–H and O–H groups in total. The molecule has 2 rings (SSSR count). The Morgan fingerprint density at radius 2 is 2.17 bits per heavy atom. The van der Waals surface area contributed by atoms with Gasteiger partial charge in [0.15, 0.2) is 0 Å². The van der Waals surface area contributed by atoms with E-state index in [0.717, 1.165) is 19.0 Å². The maximum atomic E-state index is 6.02. The monoisotopic (exact) mass is 246 g/mol. The van der Waals surface area contributed by atoms with Crippen LogP contribution in [0.1, 0.15) is 43.9 Å². The number of nitrogens with two attached hydrogens (primary N) is 1. The zero-order chi connectivity index (χ0) is 13.0. The van der Waals surface area contributed by atoms with Crippen molar-refractivity contribution in [2.75, 3.05) is 19.6 Å². The molecule has 0 aromatic heterocycles. The van der Waals surface area contributed by atoms with Gasteiger partial charge in [-0.25, -0.2) is 0 Å². The SMILES string of the molecule is CCCC(C)CN1CCc2ccccc2C1CN. The molecule has 0 bridgehead atoms. The Morgan fingerprint density at radius 1 is 1.39 bits per heavy atom. The summed E-state index contributed by atoms with van der Waals surface area (Å²) in [6.07, 6.45) is 3.76. The molecule has 2 heteroatoms. The van der Waals surface area contributed by atoms with Crippen molar-refractivity contribution in [1.29, 1.82) is 0 Å². The molecule has 1 aromatic carbocycles. The Balaban J connectivity index is 2.10. The summed E-state index contributed by atoms with van der Waals surface area (Å²) in [7, 11) is 0. The molecule has 100 valence electrons. The Labute approximate surface area is 111 Å². The van der Waals surface area contributed by atoms with Crippen LogP contribution in [0.3, 0.4) is 0 Å². The first-order valence-corrected chi connectivity index (χ1v) is 7.28. The quantitative estimate of drug-likeness (QED) is 0.865. The van der Waals surface area contributed by atoms with Gasteiger partial charge in [-0.15, -0.1) is 0 Å². The second kappa shape index (κ2) is 6.35. The van der Waals surface area contributed by atoms with Gasteiger partial charge in [-0.3, -0.25) is 4.90 Å². The van der Waals surface area contributed by atoms with E-state index in [1.807, 2.05) is 0 Å². The molecular weight excluding hydrogens is 220 g/mol. The molecule has 1 aliphatic rings. The fraction of sp³-hybridized carbons (Fsp3) is 0.625. The molecule has 2 nitrogen and oxygen atoms in total. The number of fused-ring (bicyclic) bond motifs is 1. The lowest BCUT2D eigenvalue weighted by Gasteiger charge is -2.38. The van der Waals surface area contributed by atoms with Crippen LogP contribution in [0.15, 0.2) is 24.3 Å². The van der Waals surface area contributed by atoms with Crippen LogP contribution in [0.5, 0.6) is 0 Å². The van der Waals surface area contributed by atoms with Crippen molar-refractivity contribution in [2.24, 2.45) is 11.7 Å². The van der Waals surface area contributed by atoms with Gasteiger partial charge in [-0.2, -0.15) is 0 Å². The molecule has 0 amide bonds. The molecule has 1 heterocycles. The summed E-state index contributed by atoms with van der Waals surface area (Å²) >= 11 is 0. The Hall–Kier alpha value is -0.860. The van der Waals surface area contributed by atoms with Gasteiger partial charge in [-0.1, -0.05) is 44.5 Å². The van der Waals surface area contributed by atoms with Gasteiger partial charge in [0.25, 0.3) is 0 Å². The molecule has 0 aliphatic carbocycles. The number of rotatable bonds is 5. The lowest BCUT2D eigenvalue weighted by Crippen LogP contribution is -2.41. The summed E-state index contributed by atoms with van der Waals surface area (Å²) in [5.74, 6) is 0.773.